The van der Waals surface area contributed by atoms with E-state index < -0.39 is 0 Å². The molecule has 90 valence electrons. The number of anilines is 1. The lowest BCUT2D eigenvalue weighted by Crippen LogP contribution is -1.98. The molecule has 0 unspecified atom stereocenters. The molecule has 1 aromatic rings. The Balaban J connectivity index is 2.55. The van der Waals surface area contributed by atoms with Gasteiger partial charge < -0.3 is 15.2 Å². The van der Waals surface area contributed by atoms with Crippen LogP contribution in [0.3, 0.4) is 0 Å². The molecule has 0 aromatic heterocycles. The quantitative estimate of drug-likeness (QED) is 0.453. The van der Waals surface area contributed by atoms with E-state index in [0.717, 1.165) is 35.1 Å². The predicted molar refractivity (Wildman–Crippen MR) is 69.2 cm³/mol. The number of ether oxygens (including phenoxy) is 2. The van der Waals surface area contributed by atoms with Crippen molar-refractivity contribution in [2.75, 3.05) is 31.8 Å². The Bertz CT molecular complexity index is 318. The van der Waals surface area contributed by atoms with Gasteiger partial charge in [0.1, 0.15) is 5.75 Å². The van der Waals surface area contributed by atoms with Crippen molar-refractivity contribution >= 4 is 17.4 Å². The second kappa shape index (κ2) is 7.41. The maximum absolute atomic E-state index is 6.01. The SMILES string of the molecule is CCOc1cccc(SCCCOC)c1N. The number of thioether (sulfide) groups is 1. The number of nitrogens with two attached hydrogens (primary N) is 1. The molecular formula is C12H19NO2S. The first kappa shape index (κ1) is 13.2. The highest BCUT2D eigenvalue weighted by molar-refractivity contribution is 7.99. The van der Waals surface area contributed by atoms with Gasteiger partial charge in [-0.15, -0.1) is 11.8 Å². The molecule has 0 saturated carbocycles. The molecule has 16 heavy (non-hydrogen) atoms. The third-order valence-corrected chi connectivity index (χ3v) is 3.24. The lowest BCUT2D eigenvalue weighted by Gasteiger charge is -2.10. The highest BCUT2D eigenvalue weighted by Gasteiger charge is 2.05. The minimum absolute atomic E-state index is 0.641. The van der Waals surface area contributed by atoms with Crippen LogP contribution in [0.25, 0.3) is 0 Å². The van der Waals surface area contributed by atoms with Crippen molar-refractivity contribution in [2.45, 2.75) is 18.2 Å². The number of hydrogen-bond acceptors (Lipinski definition) is 4. The number of rotatable bonds is 7. The number of benzene rings is 1. The van der Waals surface area contributed by atoms with Gasteiger partial charge in [-0.25, -0.2) is 0 Å². The molecule has 2 N–H and O–H groups in total. The lowest BCUT2D eigenvalue weighted by molar-refractivity contribution is 0.200. The Morgan fingerprint density at radius 2 is 2.19 bits per heavy atom. The molecule has 0 amide bonds. The van der Waals surface area contributed by atoms with Gasteiger partial charge in [0.25, 0.3) is 0 Å². The largest absolute Gasteiger partial charge is 0.492 e. The van der Waals surface area contributed by atoms with Gasteiger partial charge in [0, 0.05) is 24.4 Å². The number of para-hydroxylation sites is 1. The molecule has 0 saturated heterocycles. The zero-order chi connectivity index (χ0) is 11.8. The van der Waals surface area contributed by atoms with E-state index >= 15 is 0 Å². The van der Waals surface area contributed by atoms with Crippen LogP contribution in [0.15, 0.2) is 23.1 Å². The second-order valence-corrected chi connectivity index (χ2v) is 4.43. The Labute approximate surface area is 101 Å². The van der Waals surface area contributed by atoms with E-state index in [1.165, 1.54) is 0 Å². The zero-order valence-electron chi connectivity index (χ0n) is 9.86. The first-order chi connectivity index (χ1) is 7.79. The first-order valence-electron chi connectivity index (χ1n) is 5.42. The highest BCUT2D eigenvalue weighted by Crippen LogP contribution is 2.32. The van der Waals surface area contributed by atoms with Crippen LogP contribution in [0.2, 0.25) is 0 Å². The molecule has 0 atom stereocenters. The molecule has 3 nitrogen and oxygen atoms in total. The molecule has 0 fully saturated rings. The molecule has 0 heterocycles. The Hall–Kier alpha value is -0.870. The third kappa shape index (κ3) is 3.94. The minimum Gasteiger partial charge on any atom is -0.492 e. The number of nitrogen functional groups attached to an aromatic ring is 1. The summed E-state index contributed by atoms with van der Waals surface area (Å²) in [5.41, 5.74) is 6.75. The van der Waals surface area contributed by atoms with Crippen molar-refractivity contribution in [3.05, 3.63) is 18.2 Å². The molecule has 0 radical (unpaired) electrons. The fourth-order valence-corrected chi connectivity index (χ4v) is 2.23. The van der Waals surface area contributed by atoms with E-state index in [4.69, 9.17) is 15.2 Å². The smallest absolute Gasteiger partial charge is 0.143 e. The molecule has 0 aliphatic carbocycles. The molecule has 0 bridgehead atoms. The van der Waals surface area contributed by atoms with E-state index in [0.29, 0.717) is 6.61 Å². The standard InChI is InChI=1S/C12H19NO2S/c1-3-15-10-6-4-7-11(12(10)13)16-9-5-8-14-2/h4,6-7H,3,5,8-9,13H2,1-2H3. The summed E-state index contributed by atoms with van der Waals surface area (Å²) in [6.07, 6.45) is 1.03. The van der Waals surface area contributed by atoms with Crippen LogP contribution in [-0.2, 0) is 4.74 Å². The van der Waals surface area contributed by atoms with Gasteiger partial charge in [-0.1, -0.05) is 6.07 Å². The summed E-state index contributed by atoms with van der Waals surface area (Å²) in [5, 5.41) is 0. The van der Waals surface area contributed by atoms with Crippen molar-refractivity contribution in [2.24, 2.45) is 0 Å². The van der Waals surface area contributed by atoms with Crippen molar-refractivity contribution in [1.82, 2.24) is 0 Å². The van der Waals surface area contributed by atoms with E-state index in [-0.39, 0.29) is 0 Å². The van der Waals surface area contributed by atoms with Crippen molar-refractivity contribution in [3.8, 4) is 5.75 Å². The van der Waals surface area contributed by atoms with Crippen molar-refractivity contribution < 1.29 is 9.47 Å². The predicted octanol–water partition coefficient (Wildman–Crippen LogP) is 2.80. The first-order valence-corrected chi connectivity index (χ1v) is 6.41. The minimum atomic E-state index is 0.641. The van der Waals surface area contributed by atoms with Crippen LogP contribution in [0, 0.1) is 0 Å². The fourth-order valence-electron chi connectivity index (χ4n) is 1.32. The fraction of sp³-hybridized carbons (Fsp3) is 0.500. The average Bonchev–Trinajstić information content (AvgIpc) is 2.29. The molecule has 4 heteroatoms. The summed E-state index contributed by atoms with van der Waals surface area (Å²) in [5.74, 6) is 1.78. The van der Waals surface area contributed by atoms with E-state index in [9.17, 15) is 0 Å². The maximum Gasteiger partial charge on any atom is 0.143 e. The summed E-state index contributed by atoms with van der Waals surface area (Å²) in [6, 6.07) is 5.90. The van der Waals surface area contributed by atoms with Gasteiger partial charge in [-0.3, -0.25) is 0 Å². The zero-order valence-corrected chi connectivity index (χ0v) is 10.7. The second-order valence-electron chi connectivity index (χ2n) is 3.30. The lowest BCUT2D eigenvalue weighted by atomic mass is 10.3. The van der Waals surface area contributed by atoms with Crippen LogP contribution >= 0.6 is 11.8 Å². The van der Waals surface area contributed by atoms with Gasteiger partial charge in [0.2, 0.25) is 0 Å². The molecule has 1 aromatic carbocycles. The Morgan fingerprint density at radius 1 is 1.38 bits per heavy atom. The summed E-state index contributed by atoms with van der Waals surface area (Å²) in [6.45, 7) is 3.39. The van der Waals surface area contributed by atoms with E-state index in [2.05, 4.69) is 0 Å². The van der Waals surface area contributed by atoms with Gasteiger partial charge >= 0.3 is 0 Å². The monoisotopic (exact) mass is 241 g/mol. The van der Waals surface area contributed by atoms with E-state index in [1.54, 1.807) is 18.9 Å². The van der Waals surface area contributed by atoms with Crippen LogP contribution in [0.5, 0.6) is 5.75 Å². The highest BCUT2D eigenvalue weighted by atomic mass is 32.2. The van der Waals surface area contributed by atoms with Gasteiger partial charge in [0.15, 0.2) is 0 Å². The van der Waals surface area contributed by atoms with E-state index in [1.807, 2.05) is 25.1 Å². The molecule has 0 aliphatic heterocycles. The van der Waals surface area contributed by atoms with Crippen LogP contribution in [0.1, 0.15) is 13.3 Å². The number of methoxy groups -OCH3 is 1. The summed E-state index contributed by atoms with van der Waals surface area (Å²) >= 11 is 1.74. The van der Waals surface area contributed by atoms with Gasteiger partial charge in [-0.05, 0) is 25.5 Å². The Morgan fingerprint density at radius 3 is 2.88 bits per heavy atom. The normalized spacial score (nSPS) is 10.4. The summed E-state index contributed by atoms with van der Waals surface area (Å²) in [4.78, 5) is 1.09. The van der Waals surface area contributed by atoms with Gasteiger partial charge in [-0.2, -0.15) is 0 Å². The molecular weight excluding hydrogens is 222 g/mol. The molecule has 0 spiro atoms. The third-order valence-electron chi connectivity index (χ3n) is 2.08. The van der Waals surface area contributed by atoms with Gasteiger partial charge in [0.05, 0.1) is 12.3 Å². The summed E-state index contributed by atoms with van der Waals surface area (Å²) in [7, 11) is 1.72. The Kier molecular flexibility index (Phi) is 6.11. The van der Waals surface area contributed by atoms with Crippen LogP contribution < -0.4 is 10.5 Å². The average molecular weight is 241 g/mol. The molecule has 1 rings (SSSR count). The van der Waals surface area contributed by atoms with Crippen LogP contribution in [0.4, 0.5) is 5.69 Å². The summed E-state index contributed by atoms with van der Waals surface area (Å²) < 4.78 is 10.4. The van der Waals surface area contributed by atoms with Crippen LogP contribution in [-0.4, -0.2) is 26.1 Å². The van der Waals surface area contributed by atoms with Crippen molar-refractivity contribution in [3.63, 3.8) is 0 Å². The topological polar surface area (TPSA) is 44.5 Å². The van der Waals surface area contributed by atoms with Crippen molar-refractivity contribution in [1.29, 1.82) is 0 Å². The molecule has 0 aliphatic rings. The number of hydrogen-bond donors (Lipinski definition) is 1. The maximum atomic E-state index is 6.01.